The summed E-state index contributed by atoms with van der Waals surface area (Å²) in [6.07, 6.45) is 1.81. The largest absolute Gasteiger partial charge is 0.508 e. The topological polar surface area (TPSA) is 38.0 Å². The van der Waals surface area contributed by atoms with Gasteiger partial charge >= 0.3 is 0 Å². The van der Waals surface area contributed by atoms with Crippen molar-refractivity contribution in [1.82, 2.24) is 9.78 Å². The van der Waals surface area contributed by atoms with E-state index in [1.807, 2.05) is 30.5 Å². The Balaban J connectivity index is 2.31. The molecule has 0 spiro atoms. The third-order valence-corrected chi connectivity index (χ3v) is 3.26. The van der Waals surface area contributed by atoms with Gasteiger partial charge in [0, 0.05) is 15.9 Å². The predicted octanol–water partition coefficient (Wildman–Crippen LogP) is 3.49. The Labute approximate surface area is 106 Å². The molecule has 0 atom stereocenters. The summed E-state index contributed by atoms with van der Waals surface area (Å²) in [5.41, 5.74) is 1.84. The second kappa shape index (κ2) is 3.89. The minimum absolute atomic E-state index is 0.234. The van der Waals surface area contributed by atoms with Gasteiger partial charge in [-0.15, -0.1) is 0 Å². The summed E-state index contributed by atoms with van der Waals surface area (Å²) in [7, 11) is 0. The van der Waals surface area contributed by atoms with E-state index in [1.54, 1.807) is 22.9 Å². The van der Waals surface area contributed by atoms with Gasteiger partial charge in [0.05, 0.1) is 17.4 Å². The Hall–Kier alpha value is -1.81. The molecule has 0 bridgehead atoms. The number of aromatic hydroxyl groups is 1. The van der Waals surface area contributed by atoms with Crippen molar-refractivity contribution in [3.63, 3.8) is 0 Å². The smallest absolute Gasteiger partial charge is 0.117 e. The van der Waals surface area contributed by atoms with Gasteiger partial charge in [-0.05, 0) is 34.1 Å². The van der Waals surface area contributed by atoms with E-state index in [1.165, 1.54) is 0 Å². The van der Waals surface area contributed by atoms with Gasteiger partial charge in [0.25, 0.3) is 0 Å². The molecule has 84 valence electrons. The molecule has 1 aromatic heterocycles. The highest BCUT2D eigenvalue weighted by Crippen LogP contribution is 2.26. The molecule has 0 saturated heterocycles. The molecule has 0 saturated carbocycles. The highest BCUT2D eigenvalue weighted by molar-refractivity contribution is 9.10. The third-order valence-electron chi connectivity index (χ3n) is 2.62. The molecule has 0 aliphatic heterocycles. The normalized spacial score (nSPS) is 10.9. The number of fused-ring (bicyclic) bond motifs is 1. The molecule has 0 fully saturated rings. The molecule has 1 N–H and O–H groups in total. The molecule has 0 aliphatic rings. The number of benzene rings is 2. The first kappa shape index (κ1) is 10.4. The predicted molar refractivity (Wildman–Crippen MR) is 70.4 cm³/mol. The molecule has 17 heavy (non-hydrogen) atoms. The fourth-order valence-corrected chi connectivity index (χ4v) is 2.41. The number of phenolic OH excluding ortho intramolecular Hbond substituents is 1. The van der Waals surface area contributed by atoms with E-state index in [0.29, 0.717) is 0 Å². The first-order valence-electron chi connectivity index (χ1n) is 5.17. The number of para-hydroxylation sites is 1. The Bertz CT molecular complexity index is 691. The minimum Gasteiger partial charge on any atom is -0.508 e. The molecular weight excluding hydrogens is 280 g/mol. The third kappa shape index (κ3) is 1.70. The molecule has 0 amide bonds. The molecule has 0 radical (unpaired) electrons. The maximum absolute atomic E-state index is 9.50. The lowest BCUT2D eigenvalue weighted by Gasteiger charge is -2.05. The minimum atomic E-state index is 0.234. The van der Waals surface area contributed by atoms with E-state index in [-0.39, 0.29) is 5.75 Å². The van der Waals surface area contributed by atoms with Crippen molar-refractivity contribution in [1.29, 1.82) is 0 Å². The number of aromatic nitrogens is 2. The van der Waals surface area contributed by atoms with Crippen molar-refractivity contribution in [3.05, 3.63) is 53.1 Å². The van der Waals surface area contributed by atoms with E-state index in [2.05, 4.69) is 21.0 Å². The Morgan fingerprint density at radius 2 is 1.94 bits per heavy atom. The molecule has 0 aliphatic carbocycles. The van der Waals surface area contributed by atoms with Crippen LogP contribution in [0.4, 0.5) is 0 Å². The molecule has 3 nitrogen and oxygen atoms in total. The van der Waals surface area contributed by atoms with Gasteiger partial charge < -0.3 is 5.11 Å². The van der Waals surface area contributed by atoms with Gasteiger partial charge in [0.2, 0.25) is 0 Å². The summed E-state index contributed by atoms with van der Waals surface area (Å²) >= 11 is 3.52. The lowest BCUT2D eigenvalue weighted by atomic mass is 10.2. The molecular formula is C13H9BrN2O. The number of hydrogen-bond acceptors (Lipinski definition) is 2. The van der Waals surface area contributed by atoms with Crippen LogP contribution in [-0.2, 0) is 0 Å². The second-order valence-electron chi connectivity index (χ2n) is 3.75. The van der Waals surface area contributed by atoms with Crippen molar-refractivity contribution in [2.75, 3.05) is 0 Å². The summed E-state index contributed by atoms with van der Waals surface area (Å²) in [5, 5.41) is 14.9. The van der Waals surface area contributed by atoms with Crippen LogP contribution < -0.4 is 0 Å². The summed E-state index contributed by atoms with van der Waals surface area (Å²) in [4.78, 5) is 0. The second-order valence-corrected chi connectivity index (χ2v) is 4.61. The average molecular weight is 289 g/mol. The Morgan fingerprint density at radius 1 is 1.12 bits per heavy atom. The lowest BCUT2D eigenvalue weighted by Crippen LogP contribution is -1.95. The van der Waals surface area contributed by atoms with Crippen LogP contribution in [0.3, 0.4) is 0 Å². The summed E-state index contributed by atoms with van der Waals surface area (Å²) in [6, 6.07) is 13.0. The number of phenols is 1. The van der Waals surface area contributed by atoms with Gasteiger partial charge in [-0.25, -0.2) is 4.68 Å². The van der Waals surface area contributed by atoms with E-state index >= 15 is 0 Å². The van der Waals surface area contributed by atoms with Gasteiger partial charge in [-0.2, -0.15) is 5.10 Å². The van der Waals surface area contributed by atoms with Crippen LogP contribution in [0.5, 0.6) is 5.75 Å². The highest BCUT2D eigenvalue weighted by atomic mass is 79.9. The quantitative estimate of drug-likeness (QED) is 0.744. The van der Waals surface area contributed by atoms with Gasteiger partial charge in [-0.3, -0.25) is 0 Å². The average Bonchev–Trinajstić information content (AvgIpc) is 2.74. The molecule has 2 aromatic carbocycles. The van der Waals surface area contributed by atoms with Gasteiger partial charge in [-0.1, -0.05) is 18.2 Å². The monoisotopic (exact) mass is 288 g/mol. The van der Waals surface area contributed by atoms with Crippen LogP contribution in [0, 0.1) is 0 Å². The fourth-order valence-electron chi connectivity index (χ4n) is 1.86. The molecule has 1 heterocycles. The SMILES string of the molecule is Oc1cccc(-n2ncc3cccc(Br)c32)c1. The maximum atomic E-state index is 9.50. The van der Waals surface area contributed by atoms with Crippen LogP contribution in [-0.4, -0.2) is 14.9 Å². The molecule has 3 aromatic rings. The zero-order valence-electron chi connectivity index (χ0n) is 8.84. The van der Waals surface area contributed by atoms with Crippen LogP contribution in [0.25, 0.3) is 16.6 Å². The summed E-state index contributed by atoms with van der Waals surface area (Å²) in [6.45, 7) is 0. The van der Waals surface area contributed by atoms with E-state index < -0.39 is 0 Å². The van der Waals surface area contributed by atoms with Crippen LogP contribution in [0.1, 0.15) is 0 Å². The van der Waals surface area contributed by atoms with Gasteiger partial charge in [0.15, 0.2) is 0 Å². The molecule has 0 unspecified atom stereocenters. The molecule has 3 rings (SSSR count). The summed E-state index contributed by atoms with van der Waals surface area (Å²) in [5.74, 6) is 0.234. The number of hydrogen-bond donors (Lipinski definition) is 1. The number of rotatable bonds is 1. The van der Waals surface area contributed by atoms with E-state index in [0.717, 1.165) is 21.1 Å². The zero-order valence-corrected chi connectivity index (χ0v) is 10.4. The van der Waals surface area contributed by atoms with Crippen molar-refractivity contribution >= 4 is 26.8 Å². The Morgan fingerprint density at radius 3 is 2.76 bits per heavy atom. The van der Waals surface area contributed by atoms with E-state index in [4.69, 9.17) is 0 Å². The highest BCUT2D eigenvalue weighted by Gasteiger charge is 2.07. The molecule has 4 heteroatoms. The fraction of sp³-hybridized carbons (Fsp3) is 0. The number of halogens is 1. The van der Waals surface area contributed by atoms with Crippen molar-refractivity contribution in [2.45, 2.75) is 0 Å². The number of nitrogens with zero attached hydrogens (tertiary/aromatic N) is 2. The standard InChI is InChI=1S/C13H9BrN2O/c14-12-6-1-3-9-8-15-16(13(9)12)10-4-2-5-11(17)7-10/h1-8,17H. The van der Waals surface area contributed by atoms with Crippen molar-refractivity contribution in [2.24, 2.45) is 0 Å². The van der Waals surface area contributed by atoms with Crippen LogP contribution in [0.2, 0.25) is 0 Å². The summed E-state index contributed by atoms with van der Waals surface area (Å²) < 4.78 is 2.79. The van der Waals surface area contributed by atoms with Crippen LogP contribution in [0.15, 0.2) is 53.1 Å². The van der Waals surface area contributed by atoms with Crippen LogP contribution >= 0.6 is 15.9 Å². The first-order chi connectivity index (χ1) is 8.25. The van der Waals surface area contributed by atoms with Gasteiger partial charge in [0.1, 0.15) is 5.75 Å². The van der Waals surface area contributed by atoms with Crippen molar-refractivity contribution < 1.29 is 5.11 Å². The maximum Gasteiger partial charge on any atom is 0.117 e. The zero-order chi connectivity index (χ0) is 11.8. The van der Waals surface area contributed by atoms with E-state index in [9.17, 15) is 5.11 Å². The van der Waals surface area contributed by atoms with Crippen molar-refractivity contribution in [3.8, 4) is 11.4 Å². The first-order valence-corrected chi connectivity index (χ1v) is 5.97. The lowest BCUT2D eigenvalue weighted by molar-refractivity contribution is 0.475. The Kier molecular flexibility index (Phi) is 2.37.